The van der Waals surface area contributed by atoms with Crippen LogP contribution < -0.4 is 10.6 Å². The lowest BCUT2D eigenvalue weighted by Gasteiger charge is -2.30. The van der Waals surface area contributed by atoms with Gasteiger partial charge in [-0.15, -0.1) is 11.3 Å². The molecule has 5 heteroatoms. The highest BCUT2D eigenvalue weighted by molar-refractivity contribution is 7.11. The van der Waals surface area contributed by atoms with E-state index in [1.54, 1.807) is 18.4 Å². The number of thiophene rings is 1. The minimum atomic E-state index is 0.101. The van der Waals surface area contributed by atoms with E-state index < -0.39 is 0 Å². The smallest absolute Gasteiger partial charge is 0.191 e. The lowest BCUT2D eigenvalue weighted by Crippen LogP contribution is -2.45. The van der Waals surface area contributed by atoms with E-state index in [1.165, 1.54) is 9.75 Å². The van der Waals surface area contributed by atoms with Crippen LogP contribution in [-0.4, -0.2) is 32.3 Å². The third-order valence-corrected chi connectivity index (χ3v) is 4.22. The van der Waals surface area contributed by atoms with Gasteiger partial charge in [0.2, 0.25) is 0 Å². The molecule has 1 rings (SSSR count). The van der Waals surface area contributed by atoms with Crippen LogP contribution in [0.15, 0.2) is 17.1 Å². The van der Waals surface area contributed by atoms with Gasteiger partial charge in [0.15, 0.2) is 5.96 Å². The average Bonchev–Trinajstić information content (AvgIpc) is 2.80. The van der Waals surface area contributed by atoms with Gasteiger partial charge in [0.1, 0.15) is 0 Å². The highest BCUT2D eigenvalue weighted by atomic mass is 32.1. The summed E-state index contributed by atoms with van der Waals surface area (Å²) in [4.78, 5) is 7.24. The molecular formula is C16H29N3OS. The van der Waals surface area contributed by atoms with Crippen molar-refractivity contribution in [2.75, 3.05) is 20.2 Å². The Hall–Kier alpha value is -1.07. The van der Waals surface area contributed by atoms with Gasteiger partial charge in [-0.1, -0.05) is 20.8 Å². The Kier molecular flexibility index (Phi) is 7.18. The second kappa shape index (κ2) is 8.39. The topological polar surface area (TPSA) is 45.7 Å². The van der Waals surface area contributed by atoms with E-state index in [1.807, 2.05) is 0 Å². The Morgan fingerprint density at radius 2 is 2.05 bits per heavy atom. The highest BCUT2D eigenvalue weighted by Crippen LogP contribution is 2.21. The molecule has 120 valence electrons. The summed E-state index contributed by atoms with van der Waals surface area (Å²) in [5.41, 5.74) is 0.101. The number of hydrogen-bond acceptors (Lipinski definition) is 3. The van der Waals surface area contributed by atoms with E-state index in [2.05, 4.69) is 62.4 Å². The summed E-state index contributed by atoms with van der Waals surface area (Å²) < 4.78 is 5.57. The fourth-order valence-corrected chi connectivity index (χ4v) is 2.82. The predicted octanol–water partition coefficient (Wildman–Crippen LogP) is 3.17. The van der Waals surface area contributed by atoms with Crippen molar-refractivity contribution in [3.8, 4) is 0 Å². The maximum atomic E-state index is 5.57. The van der Waals surface area contributed by atoms with Gasteiger partial charge < -0.3 is 15.4 Å². The summed E-state index contributed by atoms with van der Waals surface area (Å²) >= 11 is 1.79. The van der Waals surface area contributed by atoms with Gasteiger partial charge in [-0.2, -0.15) is 0 Å². The van der Waals surface area contributed by atoms with Crippen LogP contribution in [0.1, 0.15) is 37.4 Å². The molecule has 0 amide bonds. The maximum absolute atomic E-state index is 5.57. The van der Waals surface area contributed by atoms with Gasteiger partial charge in [0.05, 0.1) is 12.6 Å². The monoisotopic (exact) mass is 311 g/mol. The highest BCUT2D eigenvalue weighted by Gasteiger charge is 2.24. The largest absolute Gasteiger partial charge is 0.379 e. The normalized spacial score (nSPS) is 14.1. The van der Waals surface area contributed by atoms with E-state index >= 15 is 0 Å². The lowest BCUT2D eigenvalue weighted by molar-refractivity contribution is 0.0205. The van der Waals surface area contributed by atoms with Gasteiger partial charge in [-0.05, 0) is 31.4 Å². The third kappa shape index (κ3) is 6.48. The Bertz CT molecular complexity index is 449. The molecule has 2 N–H and O–H groups in total. The summed E-state index contributed by atoms with van der Waals surface area (Å²) in [6.07, 6.45) is 0.144. The zero-order chi connectivity index (χ0) is 15.9. The standard InChI is InChI=1S/C16H29N3OS/c1-7-17-15(18-10-13-9-8-12(2)21-13)19-11-14(20-6)16(3,4)5/h8-9,14H,7,10-11H2,1-6H3,(H2,17,18,19). The Labute approximate surface area is 133 Å². The van der Waals surface area contributed by atoms with Crippen molar-refractivity contribution in [2.45, 2.75) is 47.3 Å². The summed E-state index contributed by atoms with van der Waals surface area (Å²) in [5.74, 6) is 0.842. The second-order valence-corrected chi connectivity index (χ2v) is 7.55. The fourth-order valence-electron chi connectivity index (χ4n) is 2.00. The quantitative estimate of drug-likeness (QED) is 0.626. The molecule has 0 radical (unpaired) electrons. The number of methoxy groups -OCH3 is 1. The molecule has 4 nitrogen and oxygen atoms in total. The number of rotatable bonds is 6. The summed E-state index contributed by atoms with van der Waals surface area (Å²) in [6.45, 7) is 13.0. The van der Waals surface area contributed by atoms with Gasteiger partial charge in [-0.25, -0.2) is 4.99 Å². The molecule has 21 heavy (non-hydrogen) atoms. The molecule has 0 aromatic carbocycles. The molecule has 1 heterocycles. The molecular weight excluding hydrogens is 282 g/mol. The first kappa shape index (κ1) is 18.0. The van der Waals surface area contributed by atoms with Crippen molar-refractivity contribution in [1.29, 1.82) is 0 Å². The van der Waals surface area contributed by atoms with Crippen LogP contribution in [0.2, 0.25) is 0 Å². The number of guanidine groups is 1. The van der Waals surface area contributed by atoms with Crippen molar-refractivity contribution in [3.05, 3.63) is 21.9 Å². The molecule has 0 saturated heterocycles. The number of nitrogens with one attached hydrogen (secondary N) is 2. The van der Waals surface area contributed by atoms with Gasteiger partial charge >= 0.3 is 0 Å². The average molecular weight is 311 g/mol. The molecule has 0 spiro atoms. The number of aliphatic imine (C=N–C) groups is 1. The zero-order valence-electron chi connectivity index (χ0n) is 14.1. The molecule has 1 unspecified atom stereocenters. The van der Waals surface area contributed by atoms with Gasteiger partial charge in [0.25, 0.3) is 0 Å². The molecule has 1 aromatic rings. The first-order chi connectivity index (χ1) is 9.86. The minimum absolute atomic E-state index is 0.101. The lowest BCUT2D eigenvalue weighted by atomic mass is 9.89. The third-order valence-electron chi connectivity index (χ3n) is 3.24. The molecule has 0 fully saturated rings. The van der Waals surface area contributed by atoms with Crippen molar-refractivity contribution >= 4 is 17.3 Å². The van der Waals surface area contributed by atoms with Crippen LogP contribution in [0.3, 0.4) is 0 Å². The molecule has 0 saturated carbocycles. The summed E-state index contributed by atoms with van der Waals surface area (Å²) in [7, 11) is 1.76. The van der Waals surface area contributed by atoms with Gasteiger partial charge in [0, 0.05) is 30.0 Å². The molecule has 0 aliphatic carbocycles. The fraction of sp³-hybridized carbons (Fsp3) is 0.688. The first-order valence-corrected chi connectivity index (χ1v) is 8.28. The number of hydrogen-bond donors (Lipinski definition) is 2. The van der Waals surface area contributed by atoms with Crippen LogP contribution in [0.5, 0.6) is 0 Å². The minimum Gasteiger partial charge on any atom is -0.379 e. The van der Waals surface area contributed by atoms with Crippen LogP contribution in [0.25, 0.3) is 0 Å². The molecule has 1 atom stereocenters. The summed E-state index contributed by atoms with van der Waals surface area (Å²) in [5, 5.41) is 6.65. The van der Waals surface area contributed by atoms with Crippen LogP contribution in [0.4, 0.5) is 0 Å². The van der Waals surface area contributed by atoms with Crippen molar-refractivity contribution in [3.63, 3.8) is 0 Å². The summed E-state index contributed by atoms with van der Waals surface area (Å²) in [6, 6.07) is 4.27. The first-order valence-electron chi connectivity index (χ1n) is 7.47. The maximum Gasteiger partial charge on any atom is 0.191 e. The second-order valence-electron chi connectivity index (χ2n) is 6.18. The Morgan fingerprint density at radius 3 is 2.52 bits per heavy atom. The van der Waals surface area contributed by atoms with Crippen LogP contribution in [-0.2, 0) is 11.3 Å². The number of ether oxygens (including phenoxy) is 1. The predicted molar refractivity (Wildman–Crippen MR) is 92.1 cm³/mol. The zero-order valence-corrected chi connectivity index (χ0v) is 14.9. The van der Waals surface area contributed by atoms with Gasteiger partial charge in [-0.3, -0.25) is 0 Å². The van der Waals surface area contributed by atoms with E-state index in [0.717, 1.165) is 19.0 Å². The molecule has 0 aliphatic heterocycles. The Balaban J connectivity index is 2.60. The molecule has 0 bridgehead atoms. The van der Waals surface area contributed by atoms with Crippen molar-refractivity contribution in [2.24, 2.45) is 10.4 Å². The molecule has 1 aromatic heterocycles. The number of aryl methyl sites for hydroxylation is 1. The van der Waals surface area contributed by atoms with E-state index in [9.17, 15) is 0 Å². The SMILES string of the molecule is CCNC(=NCc1ccc(C)s1)NCC(OC)C(C)(C)C. The van der Waals surface area contributed by atoms with E-state index in [-0.39, 0.29) is 11.5 Å². The van der Waals surface area contributed by atoms with Crippen LogP contribution in [0, 0.1) is 12.3 Å². The van der Waals surface area contributed by atoms with Crippen molar-refractivity contribution in [1.82, 2.24) is 10.6 Å². The van der Waals surface area contributed by atoms with E-state index in [4.69, 9.17) is 4.74 Å². The Morgan fingerprint density at radius 1 is 1.33 bits per heavy atom. The molecule has 0 aliphatic rings. The van der Waals surface area contributed by atoms with Crippen LogP contribution >= 0.6 is 11.3 Å². The van der Waals surface area contributed by atoms with E-state index in [0.29, 0.717) is 6.54 Å². The number of nitrogens with zero attached hydrogens (tertiary/aromatic N) is 1. The van der Waals surface area contributed by atoms with Crippen molar-refractivity contribution < 1.29 is 4.74 Å².